The smallest absolute Gasteiger partial charge is 0.118 e. The SMILES string of the molecule is COc1ccc(-c2ccc(CNCCSC(C)C)s2)cc1. The fourth-order valence-electron chi connectivity index (χ4n) is 1.96. The highest BCUT2D eigenvalue weighted by Crippen LogP contribution is 2.29. The third kappa shape index (κ3) is 5.38. The van der Waals surface area contributed by atoms with Crippen molar-refractivity contribution in [3.05, 3.63) is 41.3 Å². The van der Waals surface area contributed by atoms with E-state index in [0.29, 0.717) is 0 Å². The van der Waals surface area contributed by atoms with E-state index in [4.69, 9.17) is 4.74 Å². The summed E-state index contributed by atoms with van der Waals surface area (Å²) in [5, 5.41) is 4.23. The van der Waals surface area contributed by atoms with Crippen molar-refractivity contribution in [2.75, 3.05) is 19.4 Å². The van der Waals surface area contributed by atoms with Crippen molar-refractivity contribution >= 4 is 23.1 Å². The van der Waals surface area contributed by atoms with Crippen LogP contribution in [-0.4, -0.2) is 24.7 Å². The van der Waals surface area contributed by atoms with Gasteiger partial charge in [0.25, 0.3) is 0 Å². The molecule has 0 aliphatic heterocycles. The third-order valence-corrected chi connectivity index (χ3v) is 5.31. The molecule has 1 aromatic heterocycles. The molecule has 0 saturated heterocycles. The van der Waals surface area contributed by atoms with Crippen molar-refractivity contribution in [3.63, 3.8) is 0 Å². The van der Waals surface area contributed by atoms with Crippen molar-refractivity contribution in [2.45, 2.75) is 25.6 Å². The molecule has 2 nitrogen and oxygen atoms in total. The largest absolute Gasteiger partial charge is 0.497 e. The fraction of sp³-hybridized carbons (Fsp3) is 0.412. The molecule has 0 amide bonds. The third-order valence-electron chi connectivity index (χ3n) is 3.07. The van der Waals surface area contributed by atoms with Gasteiger partial charge in [-0.15, -0.1) is 11.3 Å². The first-order valence-electron chi connectivity index (χ1n) is 7.24. The van der Waals surface area contributed by atoms with E-state index in [-0.39, 0.29) is 0 Å². The lowest BCUT2D eigenvalue weighted by Gasteiger charge is -2.05. The Kier molecular flexibility index (Phi) is 6.61. The van der Waals surface area contributed by atoms with Crippen LogP contribution in [-0.2, 0) is 6.54 Å². The molecule has 2 aromatic rings. The molecule has 0 saturated carbocycles. The van der Waals surface area contributed by atoms with Gasteiger partial charge in [0.1, 0.15) is 5.75 Å². The first-order chi connectivity index (χ1) is 10.2. The van der Waals surface area contributed by atoms with E-state index < -0.39 is 0 Å². The lowest BCUT2D eigenvalue weighted by atomic mass is 10.2. The van der Waals surface area contributed by atoms with E-state index in [2.05, 4.69) is 43.4 Å². The van der Waals surface area contributed by atoms with Gasteiger partial charge < -0.3 is 10.1 Å². The zero-order valence-corrected chi connectivity index (χ0v) is 14.5. The van der Waals surface area contributed by atoms with Gasteiger partial charge in [-0.2, -0.15) is 11.8 Å². The summed E-state index contributed by atoms with van der Waals surface area (Å²) in [5.41, 5.74) is 1.25. The fourth-order valence-corrected chi connectivity index (χ4v) is 3.68. The van der Waals surface area contributed by atoms with Gasteiger partial charge in [-0.05, 0) is 47.2 Å². The van der Waals surface area contributed by atoms with Crippen molar-refractivity contribution in [1.82, 2.24) is 5.32 Å². The minimum absolute atomic E-state index is 0.718. The summed E-state index contributed by atoms with van der Waals surface area (Å²) in [4.78, 5) is 2.70. The number of benzene rings is 1. The standard InChI is InChI=1S/C17H23NOS2/c1-13(2)20-11-10-18-12-16-8-9-17(21-16)14-4-6-15(19-3)7-5-14/h4-9,13,18H,10-12H2,1-3H3. The van der Waals surface area contributed by atoms with E-state index in [1.165, 1.54) is 21.1 Å². The maximum Gasteiger partial charge on any atom is 0.118 e. The predicted octanol–water partition coefficient (Wildman–Crippen LogP) is 4.65. The molecule has 0 spiro atoms. The van der Waals surface area contributed by atoms with Gasteiger partial charge in [-0.25, -0.2) is 0 Å². The van der Waals surface area contributed by atoms with Crippen molar-refractivity contribution in [2.24, 2.45) is 0 Å². The Morgan fingerprint density at radius 2 is 1.90 bits per heavy atom. The number of thioether (sulfide) groups is 1. The van der Waals surface area contributed by atoms with Gasteiger partial charge in [0.05, 0.1) is 7.11 Å². The van der Waals surface area contributed by atoms with Crippen molar-refractivity contribution in [3.8, 4) is 16.2 Å². The average Bonchev–Trinajstić information content (AvgIpc) is 2.95. The summed E-state index contributed by atoms with van der Waals surface area (Å²) >= 11 is 3.85. The second kappa shape index (κ2) is 8.47. The van der Waals surface area contributed by atoms with Crippen LogP contribution < -0.4 is 10.1 Å². The molecule has 0 atom stereocenters. The summed E-state index contributed by atoms with van der Waals surface area (Å²) in [6.45, 7) is 6.51. The Morgan fingerprint density at radius 1 is 1.14 bits per heavy atom. The van der Waals surface area contributed by atoms with Gasteiger partial charge in [-0.3, -0.25) is 0 Å². The summed E-state index contributed by atoms with van der Waals surface area (Å²) < 4.78 is 5.19. The summed E-state index contributed by atoms with van der Waals surface area (Å²) in [5.74, 6) is 2.08. The number of hydrogen-bond donors (Lipinski definition) is 1. The van der Waals surface area contributed by atoms with Crippen LogP contribution in [0.2, 0.25) is 0 Å². The lowest BCUT2D eigenvalue weighted by Crippen LogP contribution is -2.16. The molecule has 21 heavy (non-hydrogen) atoms. The zero-order chi connectivity index (χ0) is 15.1. The predicted molar refractivity (Wildman–Crippen MR) is 95.6 cm³/mol. The minimum atomic E-state index is 0.718. The normalized spacial score (nSPS) is 11.0. The highest BCUT2D eigenvalue weighted by Gasteiger charge is 2.03. The average molecular weight is 322 g/mol. The molecular weight excluding hydrogens is 298 g/mol. The van der Waals surface area contributed by atoms with Crippen LogP contribution in [0.4, 0.5) is 0 Å². The van der Waals surface area contributed by atoms with Crippen LogP contribution in [0.25, 0.3) is 10.4 Å². The van der Waals surface area contributed by atoms with E-state index in [1.807, 2.05) is 35.2 Å². The lowest BCUT2D eigenvalue weighted by molar-refractivity contribution is 0.415. The summed E-state index contributed by atoms with van der Waals surface area (Å²) in [6, 6.07) is 12.7. The van der Waals surface area contributed by atoms with Crippen LogP contribution in [0.3, 0.4) is 0 Å². The topological polar surface area (TPSA) is 21.3 Å². The van der Waals surface area contributed by atoms with Crippen LogP contribution in [0.15, 0.2) is 36.4 Å². The molecule has 0 aliphatic carbocycles. The molecule has 114 valence electrons. The minimum Gasteiger partial charge on any atom is -0.497 e. The van der Waals surface area contributed by atoms with E-state index in [9.17, 15) is 0 Å². The van der Waals surface area contributed by atoms with E-state index in [1.54, 1.807) is 7.11 Å². The highest BCUT2D eigenvalue weighted by atomic mass is 32.2. The number of rotatable bonds is 8. The van der Waals surface area contributed by atoms with Crippen molar-refractivity contribution in [1.29, 1.82) is 0 Å². The van der Waals surface area contributed by atoms with Crippen LogP contribution in [0, 0.1) is 0 Å². The van der Waals surface area contributed by atoms with Crippen molar-refractivity contribution < 1.29 is 4.74 Å². The first kappa shape index (κ1) is 16.4. The van der Waals surface area contributed by atoms with Crippen LogP contribution in [0.5, 0.6) is 5.75 Å². The Morgan fingerprint density at radius 3 is 2.57 bits per heavy atom. The quantitative estimate of drug-likeness (QED) is 0.715. The number of hydrogen-bond acceptors (Lipinski definition) is 4. The zero-order valence-electron chi connectivity index (χ0n) is 12.9. The molecule has 0 radical (unpaired) electrons. The van der Waals surface area contributed by atoms with E-state index in [0.717, 1.165) is 24.1 Å². The first-order valence-corrected chi connectivity index (χ1v) is 9.11. The number of nitrogens with one attached hydrogen (secondary N) is 1. The van der Waals surface area contributed by atoms with Gasteiger partial charge in [0.15, 0.2) is 0 Å². The number of thiophene rings is 1. The molecule has 4 heteroatoms. The summed E-state index contributed by atoms with van der Waals surface area (Å²) in [6.07, 6.45) is 0. The summed E-state index contributed by atoms with van der Waals surface area (Å²) in [7, 11) is 1.70. The second-order valence-electron chi connectivity index (χ2n) is 5.09. The Hall–Kier alpha value is -0.970. The van der Waals surface area contributed by atoms with Gasteiger partial charge in [-0.1, -0.05) is 13.8 Å². The second-order valence-corrected chi connectivity index (χ2v) is 7.94. The highest BCUT2D eigenvalue weighted by molar-refractivity contribution is 7.99. The Balaban J connectivity index is 1.83. The van der Waals surface area contributed by atoms with Gasteiger partial charge in [0.2, 0.25) is 0 Å². The molecular formula is C17H23NOS2. The number of methoxy groups -OCH3 is 1. The molecule has 0 aliphatic rings. The van der Waals surface area contributed by atoms with Gasteiger partial charge >= 0.3 is 0 Å². The molecule has 0 unspecified atom stereocenters. The van der Waals surface area contributed by atoms with Crippen LogP contribution in [0.1, 0.15) is 18.7 Å². The molecule has 0 fully saturated rings. The van der Waals surface area contributed by atoms with E-state index >= 15 is 0 Å². The molecule has 1 N–H and O–H groups in total. The maximum absolute atomic E-state index is 5.19. The molecule has 1 aromatic carbocycles. The molecule has 0 bridgehead atoms. The van der Waals surface area contributed by atoms with Crippen LogP contribution >= 0.6 is 23.1 Å². The number of ether oxygens (including phenoxy) is 1. The maximum atomic E-state index is 5.19. The Labute approximate surface area is 135 Å². The monoisotopic (exact) mass is 321 g/mol. The molecule has 1 heterocycles. The Bertz CT molecular complexity index is 534. The molecule has 2 rings (SSSR count). The van der Waals surface area contributed by atoms with Gasteiger partial charge in [0, 0.05) is 28.6 Å².